The minimum absolute atomic E-state index is 0.125. The zero-order valence-corrected chi connectivity index (χ0v) is 17.9. The van der Waals surface area contributed by atoms with Gasteiger partial charge in [-0.2, -0.15) is 0 Å². The number of carbonyl (C=O) groups excluding carboxylic acids is 2. The average molecular weight is 431 g/mol. The minimum atomic E-state index is -1.11. The number of ketones is 1. The molecule has 1 saturated heterocycles. The maximum absolute atomic E-state index is 14.9. The largest absolute Gasteiger partial charge is 0.507 e. The topological polar surface area (TPSA) is 66.8 Å². The van der Waals surface area contributed by atoms with Crippen molar-refractivity contribution in [3.63, 3.8) is 0 Å². The molecule has 0 aliphatic carbocycles. The second kappa shape index (κ2) is 8.30. The van der Waals surface area contributed by atoms with E-state index in [1.54, 1.807) is 55.5 Å². The van der Waals surface area contributed by atoms with Gasteiger partial charge >= 0.3 is 0 Å². The Morgan fingerprint density at radius 1 is 1.00 bits per heavy atom. The van der Waals surface area contributed by atoms with Crippen LogP contribution in [0.3, 0.4) is 0 Å². The average Bonchev–Trinajstić information content (AvgIpc) is 3.04. The van der Waals surface area contributed by atoms with Gasteiger partial charge in [0.2, 0.25) is 0 Å². The van der Waals surface area contributed by atoms with E-state index in [4.69, 9.17) is 4.74 Å². The SMILES string of the molecule is COc1ccc(/C(O)=C2\C(=O)C(=O)N(c3ccc(C)cc3)C2c2ccccc2F)c(C)c1. The highest BCUT2D eigenvalue weighted by Crippen LogP contribution is 2.43. The van der Waals surface area contributed by atoms with Crippen LogP contribution in [-0.2, 0) is 9.59 Å². The number of methoxy groups -OCH3 is 1. The van der Waals surface area contributed by atoms with Gasteiger partial charge in [0, 0.05) is 16.8 Å². The molecule has 1 aliphatic heterocycles. The van der Waals surface area contributed by atoms with Crippen LogP contribution >= 0.6 is 0 Å². The molecule has 162 valence electrons. The van der Waals surface area contributed by atoms with Crippen LogP contribution < -0.4 is 9.64 Å². The molecule has 0 bridgehead atoms. The third-order valence-corrected chi connectivity index (χ3v) is 5.65. The number of rotatable bonds is 4. The van der Waals surface area contributed by atoms with Gasteiger partial charge in [0.05, 0.1) is 18.7 Å². The van der Waals surface area contributed by atoms with E-state index in [1.807, 2.05) is 6.92 Å². The van der Waals surface area contributed by atoms with E-state index in [0.717, 1.165) is 5.56 Å². The molecule has 3 aromatic rings. The van der Waals surface area contributed by atoms with Crippen LogP contribution in [0.15, 0.2) is 72.3 Å². The highest BCUT2D eigenvalue weighted by molar-refractivity contribution is 6.51. The minimum Gasteiger partial charge on any atom is -0.507 e. The summed E-state index contributed by atoms with van der Waals surface area (Å²) in [5.41, 5.74) is 2.40. The number of nitrogens with zero attached hydrogens (tertiary/aromatic N) is 1. The van der Waals surface area contributed by atoms with Crippen molar-refractivity contribution in [2.75, 3.05) is 12.0 Å². The van der Waals surface area contributed by atoms with Gasteiger partial charge in [-0.1, -0.05) is 35.9 Å². The van der Waals surface area contributed by atoms with Crippen molar-refractivity contribution in [3.05, 3.63) is 100 Å². The van der Waals surface area contributed by atoms with Crippen molar-refractivity contribution in [2.24, 2.45) is 0 Å². The number of Topliss-reactive ketones (excluding diaryl/α,β-unsaturated/α-hetero) is 1. The Labute approximate surface area is 185 Å². The Balaban J connectivity index is 1.97. The predicted octanol–water partition coefficient (Wildman–Crippen LogP) is 5.08. The summed E-state index contributed by atoms with van der Waals surface area (Å²) in [7, 11) is 1.53. The van der Waals surface area contributed by atoms with E-state index in [0.29, 0.717) is 22.6 Å². The molecule has 4 rings (SSSR count). The number of amides is 1. The summed E-state index contributed by atoms with van der Waals surface area (Å²) < 4.78 is 20.1. The molecule has 6 heteroatoms. The molecule has 0 saturated carbocycles. The van der Waals surface area contributed by atoms with E-state index in [9.17, 15) is 19.1 Å². The number of ether oxygens (including phenoxy) is 1. The monoisotopic (exact) mass is 431 g/mol. The molecule has 3 aromatic carbocycles. The molecular formula is C26H22FNO4. The third kappa shape index (κ3) is 3.54. The fraction of sp³-hybridized carbons (Fsp3) is 0.154. The van der Waals surface area contributed by atoms with Crippen molar-refractivity contribution in [2.45, 2.75) is 19.9 Å². The van der Waals surface area contributed by atoms with Gasteiger partial charge in [0.25, 0.3) is 11.7 Å². The standard InChI is InChI=1S/C26H22FNO4/c1-15-8-10-17(11-9-15)28-23(20-6-4-5-7-21(20)27)22(25(30)26(28)31)24(29)19-13-12-18(32-3)14-16(19)2/h4-14,23,29H,1-3H3/b24-22+. The smallest absolute Gasteiger partial charge is 0.300 e. The zero-order chi connectivity index (χ0) is 23.0. The molecule has 1 amide bonds. The Hall–Kier alpha value is -3.93. The Morgan fingerprint density at radius 3 is 2.31 bits per heavy atom. The Kier molecular flexibility index (Phi) is 5.53. The molecule has 0 spiro atoms. The lowest BCUT2D eigenvalue weighted by Gasteiger charge is -2.26. The molecular weight excluding hydrogens is 409 g/mol. The molecule has 1 atom stereocenters. The van der Waals surface area contributed by atoms with Crippen molar-refractivity contribution >= 4 is 23.1 Å². The van der Waals surface area contributed by atoms with Crippen molar-refractivity contribution in [3.8, 4) is 5.75 Å². The number of aryl methyl sites for hydroxylation is 2. The molecule has 5 nitrogen and oxygen atoms in total. The summed E-state index contributed by atoms with van der Waals surface area (Å²) in [4.78, 5) is 27.5. The van der Waals surface area contributed by atoms with E-state index < -0.39 is 23.5 Å². The fourth-order valence-electron chi connectivity index (χ4n) is 3.97. The van der Waals surface area contributed by atoms with Crippen molar-refractivity contribution in [1.29, 1.82) is 0 Å². The normalized spacial score (nSPS) is 17.6. The number of hydrogen-bond acceptors (Lipinski definition) is 4. The van der Waals surface area contributed by atoms with Crippen LogP contribution in [0, 0.1) is 19.7 Å². The molecule has 1 aliphatic rings. The van der Waals surface area contributed by atoms with Gasteiger partial charge in [-0.05, 0) is 55.8 Å². The first-order valence-electron chi connectivity index (χ1n) is 10.1. The van der Waals surface area contributed by atoms with Crippen molar-refractivity contribution < 1.29 is 23.8 Å². The highest BCUT2D eigenvalue weighted by Gasteiger charge is 2.47. The number of aliphatic hydroxyl groups is 1. The molecule has 1 fully saturated rings. The van der Waals surface area contributed by atoms with Gasteiger partial charge in [-0.15, -0.1) is 0 Å². The van der Waals surface area contributed by atoms with Crippen LogP contribution in [0.1, 0.15) is 28.3 Å². The second-order valence-electron chi connectivity index (χ2n) is 7.71. The lowest BCUT2D eigenvalue weighted by atomic mass is 9.93. The molecule has 32 heavy (non-hydrogen) atoms. The number of benzene rings is 3. The van der Waals surface area contributed by atoms with Crippen molar-refractivity contribution in [1.82, 2.24) is 0 Å². The Bertz CT molecular complexity index is 1250. The van der Waals surface area contributed by atoms with Gasteiger partial charge < -0.3 is 9.84 Å². The first kappa shape index (κ1) is 21.3. The maximum atomic E-state index is 14.9. The summed E-state index contributed by atoms with van der Waals surface area (Å²) in [6, 6.07) is 16.8. The van der Waals surface area contributed by atoms with Gasteiger partial charge in [0.1, 0.15) is 17.3 Å². The molecule has 1 unspecified atom stereocenters. The Morgan fingerprint density at radius 2 is 1.69 bits per heavy atom. The molecule has 1 N–H and O–H groups in total. The lowest BCUT2D eigenvalue weighted by molar-refractivity contribution is -0.132. The van der Waals surface area contributed by atoms with Gasteiger partial charge in [-0.3, -0.25) is 14.5 Å². The number of carbonyl (C=O) groups is 2. The second-order valence-corrected chi connectivity index (χ2v) is 7.71. The summed E-state index contributed by atoms with van der Waals surface area (Å²) in [6.45, 7) is 3.66. The first-order valence-corrected chi connectivity index (χ1v) is 10.1. The van der Waals surface area contributed by atoms with E-state index in [1.165, 1.54) is 30.2 Å². The third-order valence-electron chi connectivity index (χ3n) is 5.65. The number of aliphatic hydroxyl groups excluding tert-OH is 1. The lowest BCUT2D eigenvalue weighted by Crippen LogP contribution is -2.29. The van der Waals surface area contributed by atoms with E-state index in [2.05, 4.69) is 0 Å². The summed E-state index contributed by atoms with van der Waals surface area (Å²) in [5.74, 6) is -2.04. The first-order chi connectivity index (χ1) is 15.3. The summed E-state index contributed by atoms with van der Waals surface area (Å²) in [6.07, 6.45) is 0. The van der Waals surface area contributed by atoms with E-state index >= 15 is 0 Å². The van der Waals surface area contributed by atoms with Crippen LogP contribution in [0.25, 0.3) is 5.76 Å². The quantitative estimate of drug-likeness (QED) is 0.356. The van der Waals surface area contributed by atoms with Crippen LogP contribution in [0.2, 0.25) is 0 Å². The predicted molar refractivity (Wildman–Crippen MR) is 120 cm³/mol. The fourth-order valence-corrected chi connectivity index (χ4v) is 3.97. The number of anilines is 1. The van der Waals surface area contributed by atoms with Gasteiger partial charge in [0.15, 0.2) is 0 Å². The molecule has 1 heterocycles. The summed E-state index contributed by atoms with van der Waals surface area (Å²) in [5, 5.41) is 11.2. The van der Waals surface area contributed by atoms with Crippen LogP contribution in [0.4, 0.5) is 10.1 Å². The molecule has 0 aromatic heterocycles. The summed E-state index contributed by atoms with van der Waals surface area (Å²) >= 11 is 0. The highest BCUT2D eigenvalue weighted by atomic mass is 19.1. The number of halogens is 1. The van der Waals surface area contributed by atoms with Gasteiger partial charge in [-0.25, -0.2) is 4.39 Å². The molecule has 0 radical (unpaired) electrons. The maximum Gasteiger partial charge on any atom is 0.300 e. The van der Waals surface area contributed by atoms with Crippen LogP contribution in [-0.4, -0.2) is 23.9 Å². The van der Waals surface area contributed by atoms with E-state index in [-0.39, 0.29) is 16.9 Å². The van der Waals surface area contributed by atoms with Crippen LogP contribution in [0.5, 0.6) is 5.75 Å². The number of hydrogen-bond donors (Lipinski definition) is 1. The zero-order valence-electron chi connectivity index (χ0n) is 17.9.